The average Bonchev–Trinajstić information content (AvgIpc) is 2.44. The van der Waals surface area contributed by atoms with Crippen molar-refractivity contribution in [3.63, 3.8) is 0 Å². The third kappa shape index (κ3) is 3.59. The highest BCUT2D eigenvalue weighted by molar-refractivity contribution is 5.96. The van der Waals surface area contributed by atoms with Crippen LogP contribution in [-0.4, -0.2) is 16.9 Å². The lowest BCUT2D eigenvalue weighted by atomic mass is 10.1. The van der Waals surface area contributed by atoms with Crippen molar-refractivity contribution < 1.29 is 22.7 Å². The smallest absolute Gasteiger partial charge is 0.431 e. The molecule has 110 valence electrons. The number of nitrogens with zero attached hydrogens (tertiary/aromatic N) is 1. The first-order chi connectivity index (χ1) is 9.89. The highest BCUT2D eigenvalue weighted by atomic mass is 19.4. The average molecular weight is 295 g/mol. The summed E-state index contributed by atoms with van der Waals surface area (Å²) >= 11 is 0. The molecule has 3 nitrogen and oxygen atoms in total. The SMILES string of the molecule is CC(=O)c1ccccc1OC(c1ccccn1)C(F)(F)F. The topological polar surface area (TPSA) is 39.2 Å². The Morgan fingerprint density at radius 1 is 1.14 bits per heavy atom. The van der Waals surface area contributed by atoms with Crippen LogP contribution in [0.25, 0.3) is 0 Å². The van der Waals surface area contributed by atoms with E-state index in [4.69, 9.17) is 4.74 Å². The number of para-hydroxylation sites is 1. The van der Waals surface area contributed by atoms with Crippen LogP contribution in [0.2, 0.25) is 0 Å². The molecule has 0 amide bonds. The molecule has 0 bridgehead atoms. The summed E-state index contributed by atoms with van der Waals surface area (Å²) in [4.78, 5) is 15.1. The van der Waals surface area contributed by atoms with Crippen LogP contribution in [0, 0.1) is 0 Å². The van der Waals surface area contributed by atoms with Gasteiger partial charge in [0.25, 0.3) is 0 Å². The van der Waals surface area contributed by atoms with E-state index in [0.717, 1.165) is 0 Å². The number of Topliss-reactive ketones (excluding diaryl/α,β-unsaturated/α-hetero) is 1. The summed E-state index contributed by atoms with van der Waals surface area (Å²) in [7, 11) is 0. The van der Waals surface area contributed by atoms with Gasteiger partial charge in [-0.1, -0.05) is 18.2 Å². The monoisotopic (exact) mass is 295 g/mol. The maximum atomic E-state index is 13.2. The van der Waals surface area contributed by atoms with Crippen molar-refractivity contribution >= 4 is 5.78 Å². The molecule has 0 radical (unpaired) electrons. The minimum Gasteiger partial charge on any atom is -0.474 e. The third-order valence-corrected chi connectivity index (χ3v) is 2.76. The number of aromatic nitrogens is 1. The van der Waals surface area contributed by atoms with E-state index >= 15 is 0 Å². The van der Waals surface area contributed by atoms with Crippen molar-refractivity contribution in [3.8, 4) is 5.75 Å². The maximum absolute atomic E-state index is 13.2. The van der Waals surface area contributed by atoms with Gasteiger partial charge in [0, 0.05) is 6.20 Å². The van der Waals surface area contributed by atoms with E-state index in [1.165, 1.54) is 49.5 Å². The first-order valence-electron chi connectivity index (χ1n) is 6.14. The minimum absolute atomic E-state index is 0.0997. The van der Waals surface area contributed by atoms with Crippen molar-refractivity contribution in [1.29, 1.82) is 0 Å². The summed E-state index contributed by atoms with van der Waals surface area (Å²) in [5.74, 6) is -0.481. The van der Waals surface area contributed by atoms with Crippen molar-refractivity contribution in [1.82, 2.24) is 4.98 Å². The zero-order chi connectivity index (χ0) is 15.5. The molecule has 6 heteroatoms. The second kappa shape index (κ2) is 5.95. The predicted octanol–water partition coefficient (Wildman–Crippen LogP) is 3.97. The lowest BCUT2D eigenvalue weighted by Crippen LogP contribution is -2.27. The molecule has 0 aliphatic heterocycles. The Kier molecular flexibility index (Phi) is 4.26. The van der Waals surface area contributed by atoms with Gasteiger partial charge in [-0.3, -0.25) is 9.78 Å². The van der Waals surface area contributed by atoms with Crippen molar-refractivity contribution in [3.05, 3.63) is 59.9 Å². The van der Waals surface area contributed by atoms with E-state index in [2.05, 4.69) is 4.98 Å². The molecule has 2 rings (SSSR count). The Morgan fingerprint density at radius 2 is 1.81 bits per heavy atom. The number of halogens is 3. The Balaban J connectivity index is 2.40. The lowest BCUT2D eigenvalue weighted by Gasteiger charge is -2.22. The van der Waals surface area contributed by atoms with Crippen LogP contribution in [0.5, 0.6) is 5.75 Å². The van der Waals surface area contributed by atoms with Gasteiger partial charge in [0.1, 0.15) is 5.75 Å². The third-order valence-electron chi connectivity index (χ3n) is 2.76. The molecule has 0 aliphatic rings. The van der Waals surface area contributed by atoms with E-state index in [9.17, 15) is 18.0 Å². The molecule has 1 aromatic heterocycles. The Hall–Kier alpha value is -2.37. The number of ether oxygens (including phenoxy) is 1. The Bertz CT molecular complexity index is 626. The molecular weight excluding hydrogens is 283 g/mol. The van der Waals surface area contributed by atoms with E-state index in [1.807, 2.05) is 0 Å². The molecule has 1 unspecified atom stereocenters. The zero-order valence-corrected chi connectivity index (χ0v) is 11.1. The Labute approximate surface area is 119 Å². The normalized spacial score (nSPS) is 12.8. The van der Waals surface area contributed by atoms with Crippen LogP contribution in [0.15, 0.2) is 48.7 Å². The summed E-state index contributed by atoms with van der Waals surface area (Å²) < 4.78 is 44.6. The fourth-order valence-corrected chi connectivity index (χ4v) is 1.81. The molecule has 2 aromatic rings. The van der Waals surface area contributed by atoms with Gasteiger partial charge in [-0.25, -0.2) is 0 Å². The number of carbonyl (C=O) groups is 1. The van der Waals surface area contributed by atoms with Crippen molar-refractivity contribution in [2.24, 2.45) is 0 Å². The number of hydrogen-bond donors (Lipinski definition) is 0. The first-order valence-corrected chi connectivity index (χ1v) is 6.14. The van der Waals surface area contributed by atoms with Crippen LogP contribution < -0.4 is 4.74 Å². The summed E-state index contributed by atoms with van der Waals surface area (Å²) in [6.07, 6.45) is -5.61. The van der Waals surface area contributed by atoms with Gasteiger partial charge in [0.05, 0.1) is 11.3 Å². The molecule has 1 heterocycles. The van der Waals surface area contributed by atoms with Crippen LogP contribution in [0.1, 0.15) is 29.1 Å². The summed E-state index contributed by atoms with van der Waals surface area (Å²) in [5.41, 5.74) is -0.161. The number of rotatable bonds is 4. The van der Waals surface area contributed by atoms with Gasteiger partial charge in [-0.15, -0.1) is 0 Å². The summed E-state index contributed by atoms with van der Waals surface area (Å²) in [6.45, 7) is 1.27. The van der Waals surface area contributed by atoms with Gasteiger partial charge < -0.3 is 4.74 Å². The molecule has 0 spiro atoms. The molecule has 0 fully saturated rings. The second-order valence-electron chi connectivity index (χ2n) is 4.35. The molecule has 0 aliphatic carbocycles. The van der Waals surface area contributed by atoms with Gasteiger partial charge in [0.15, 0.2) is 5.78 Å². The first kappa shape index (κ1) is 15.0. The molecule has 0 saturated heterocycles. The summed E-state index contributed by atoms with van der Waals surface area (Å²) in [5, 5.41) is 0. The lowest BCUT2D eigenvalue weighted by molar-refractivity contribution is -0.199. The number of carbonyl (C=O) groups excluding carboxylic acids is 1. The molecule has 1 aromatic carbocycles. The van der Waals surface area contributed by atoms with Crippen molar-refractivity contribution in [2.75, 3.05) is 0 Å². The van der Waals surface area contributed by atoms with Crippen molar-refractivity contribution in [2.45, 2.75) is 19.2 Å². The standard InChI is InChI=1S/C15H12F3NO2/c1-10(20)11-6-2-3-8-13(11)21-14(15(16,17)18)12-7-4-5-9-19-12/h2-9,14H,1H3. The quantitative estimate of drug-likeness (QED) is 0.801. The molecular formula is C15H12F3NO2. The molecule has 0 saturated carbocycles. The van der Waals surface area contributed by atoms with Gasteiger partial charge in [-0.05, 0) is 31.2 Å². The van der Waals surface area contributed by atoms with Crippen LogP contribution >= 0.6 is 0 Å². The molecule has 1 atom stereocenters. The number of pyridine rings is 1. The highest BCUT2D eigenvalue weighted by Crippen LogP contribution is 2.36. The van der Waals surface area contributed by atoms with E-state index < -0.39 is 12.3 Å². The number of alkyl halides is 3. The zero-order valence-electron chi connectivity index (χ0n) is 11.1. The fourth-order valence-electron chi connectivity index (χ4n) is 1.81. The summed E-state index contributed by atoms with van der Waals surface area (Å²) in [6, 6.07) is 10.0. The number of ketones is 1. The van der Waals surface area contributed by atoms with E-state index in [0.29, 0.717) is 0 Å². The van der Waals surface area contributed by atoms with Crippen LogP contribution in [0.3, 0.4) is 0 Å². The number of hydrogen-bond acceptors (Lipinski definition) is 3. The highest BCUT2D eigenvalue weighted by Gasteiger charge is 2.44. The van der Waals surface area contributed by atoms with E-state index in [1.54, 1.807) is 6.07 Å². The largest absolute Gasteiger partial charge is 0.474 e. The molecule has 21 heavy (non-hydrogen) atoms. The number of benzene rings is 1. The predicted molar refractivity (Wildman–Crippen MR) is 70.1 cm³/mol. The molecule has 0 N–H and O–H groups in total. The van der Waals surface area contributed by atoms with Gasteiger partial charge >= 0.3 is 6.18 Å². The fraction of sp³-hybridized carbons (Fsp3) is 0.200. The minimum atomic E-state index is -4.64. The Morgan fingerprint density at radius 3 is 2.38 bits per heavy atom. The maximum Gasteiger partial charge on any atom is 0.431 e. The van der Waals surface area contributed by atoms with E-state index in [-0.39, 0.29) is 22.8 Å². The van der Waals surface area contributed by atoms with Crippen LogP contribution in [-0.2, 0) is 0 Å². The second-order valence-corrected chi connectivity index (χ2v) is 4.35. The van der Waals surface area contributed by atoms with Crippen LogP contribution in [0.4, 0.5) is 13.2 Å². The van der Waals surface area contributed by atoms with Gasteiger partial charge in [0.2, 0.25) is 6.10 Å². The van der Waals surface area contributed by atoms with Gasteiger partial charge in [-0.2, -0.15) is 13.2 Å².